The summed E-state index contributed by atoms with van der Waals surface area (Å²) in [6.07, 6.45) is -2.61. The van der Waals surface area contributed by atoms with Gasteiger partial charge in [0.25, 0.3) is 5.91 Å². The third-order valence-corrected chi connectivity index (χ3v) is 4.99. The number of benzene rings is 1. The molecule has 32 heavy (non-hydrogen) atoms. The minimum absolute atomic E-state index is 0.00972. The van der Waals surface area contributed by atoms with Crippen molar-refractivity contribution in [2.24, 2.45) is 0 Å². The first-order valence-electron chi connectivity index (χ1n) is 10.0. The zero-order valence-electron chi connectivity index (χ0n) is 17.7. The molecule has 0 radical (unpaired) electrons. The molecule has 1 fully saturated rings. The topological polar surface area (TPSA) is 80.8 Å². The van der Waals surface area contributed by atoms with Gasteiger partial charge in [-0.15, -0.1) is 0 Å². The van der Waals surface area contributed by atoms with Gasteiger partial charge in [-0.2, -0.15) is 13.2 Å². The first kappa shape index (κ1) is 23.5. The van der Waals surface area contributed by atoms with E-state index in [2.05, 4.69) is 15.2 Å². The lowest BCUT2D eigenvalue weighted by Crippen LogP contribution is -2.46. The summed E-state index contributed by atoms with van der Waals surface area (Å²) in [4.78, 5) is 31.3. The number of carbonyl (C=O) groups excluding carboxylic acids is 2. The Bertz CT molecular complexity index is 964. The zero-order chi connectivity index (χ0) is 23.3. The molecule has 1 saturated heterocycles. The van der Waals surface area contributed by atoms with E-state index in [-0.39, 0.29) is 29.0 Å². The maximum atomic E-state index is 12.9. The number of rotatable bonds is 6. The van der Waals surface area contributed by atoms with Crippen molar-refractivity contribution in [3.05, 3.63) is 47.7 Å². The molecule has 1 aromatic carbocycles. The van der Waals surface area contributed by atoms with Gasteiger partial charge in [-0.25, -0.2) is 9.78 Å². The fourth-order valence-corrected chi connectivity index (χ4v) is 3.46. The molecule has 1 aliphatic heterocycles. The van der Waals surface area contributed by atoms with E-state index >= 15 is 0 Å². The van der Waals surface area contributed by atoms with E-state index in [4.69, 9.17) is 9.47 Å². The molecule has 1 aliphatic rings. The number of hydrogen-bond acceptors (Lipinski definition) is 6. The van der Waals surface area contributed by atoms with Gasteiger partial charge in [-0.1, -0.05) is 0 Å². The van der Waals surface area contributed by atoms with Crippen LogP contribution < -0.4 is 10.1 Å². The normalized spacial score (nSPS) is 17.0. The summed E-state index contributed by atoms with van der Waals surface area (Å²) in [6.45, 7) is 0.303. The molecule has 3 rings (SSSR count). The number of alkyl halides is 3. The van der Waals surface area contributed by atoms with Crippen LogP contribution in [0.3, 0.4) is 0 Å². The van der Waals surface area contributed by atoms with Crippen LogP contribution in [0.15, 0.2) is 36.4 Å². The maximum absolute atomic E-state index is 12.9. The van der Waals surface area contributed by atoms with Crippen molar-refractivity contribution in [1.29, 1.82) is 0 Å². The van der Waals surface area contributed by atoms with Crippen LogP contribution in [-0.4, -0.2) is 67.8 Å². The van der Waals surface area contributed by atoms with Crippen molar-refractivity contribution in [2.45, 2.75) is 25.1 Å². The van der Waals surface area contributed by atoms with E-state index in [1.807, 2.05) is 7.05 Å². The van der Waals surface area contributed by atoms with Crippen molar-refractivity contribution in [3.63, 3.8) is 0 Å². The number of nitrogens with zero attached hydrogens (tertiary/aromatic N) is 2. The number of amides is 1. The number of esters is 1. The predicted octanol–water partition coefficient (Wildman–Crippen LogP) is 3.30. The lowest BCUT2D eigenvalue weighted by Gasteiger charge is -2.30. The SMILES string of the molecule is COC(=O)c1cc(C(=O)NC2CCCN(C)C2)cc(-c2ccc(OCC(F)(F)F)cc2)n1. The Balaban J connectivity index is 1.84. The smallest absolute Gasteiger partial charge is 0.422 e. The van der Waals surface area contributed by atoms with E-state index in [9.17, 15) is 22.8 Å². The number of pyridine rings is 1. The lowest BCUT2D eigenvalue weighted by molar-refractivity contribution is -0.153. The predicted molar refractivity (Wildman–Crippen MR) is 111 cm³/mol. The number of halogens is 3. The molecule has 7 nitrogen and oxygen atoms in total. The molecule has 0 bridgehead atoms. The van der Waals surface area contributed by atoms with Gasteiger partial charge in [0.15, 0.2) is 6.61 Å². The molecule has 1 amide bonds. The highest BCUT2D eigenvalue weighted by molar-refractivity contribution is 5.98. The number of carbonyl (C=O) groups is 2. The molecular weight excluding hydrogens is 427 g/mol. The molecular formula is C22H24F3N3O4. The van der Waals surface area contributed by atoms with Crippen LogP contribution >= 0.6 is 0 Å². The molecule has 1 aromatic heterocycles. The average Bonchev–Trinajstić information content (AvgIpc) is 2.76. The molecule has 0 aliphatic carbocycles. The van der Waals surface area contributed by atoms with E-state index < -0.39 is 18.8 Å². The van der Waals surface area contributed by atoms with Crippen molar-refractivity contribution < 1.29 is 32.2 Å². The van der Waals surface area contributed by atoms with E-state index in [0.29, 0.717) is 11.3 Å². The maximum Gasteiger partial charge on any atom is 0.422 e. The summed E-state index contributed by atoms with van der Waals surface area (Å²) in [6, 6.07) is 8.62. The summed E-state index contributed by atoms with van der Waals surface area (Å²) in [7, 11) is 3.20. The van der Waals surface area contributed by atoms with Crippen LogP contribution in [0.1, 0.15) is 33.7 Å². The lowest BCUT2D eigenvalue weighted by atomic mass is 10.0. The van der Waals surface area contributed by atoms with Crippen LogP contribution in [0.25, 0.3) is 11.3 Å². The van der Waals surface area contributed by atoms with Crippen molar-refractivity contribution in [3.8, 4) is 17.0 Å². The molecule has 2 heterocycles. The molecule has 1 unspecified atom stereocenters. The third-order valence-electron chi connectivity index (χ3n) is 4.99. The molecule has 10 heteroatoms. The number of ether oxygens (including phenoxy) is 2. The molecule has 0 spiro atoms. The summed E-state index contributed by atoms with van der Waals surface area (Å²) >= 11 is 0. The van der Waals surface area contributed by atoms with Gasteiger partial charge in [0.05, 0.1) is 12.8 Å². The highest BCUT2D eigenvalue weighted by Crippen LogP contribution is 2.24. The van der Waals surface area contributed by atoms with E-state index in [0.717, 1.165) is 25.9 Å². The highest BCUT2D eigenvalue weighted by Gasteiger charge is 2.28. The molecule has 172 valence electrons. The standard InChI is InChI=1S/C22H24F3N3O4/c1-28-9-3-4-16(12-28)26-20(29)15-10-18(27-19(11-15)21(30)31-2)14-5-7-17(8-6-14)32-13-22(23,24)25/h5-8,10-11,16H,3-4,9,12-13H2,1-2H3,(H,26,29). The summed E-state index contributed by atoms with van der Waals surface area (Å²) in [5.41, 5.74) is 0.997. The molecule has 2 aromatic rings. The second kappa shape index (κ2) is 9.99. The largest absolute Gasteiger partial charge is 0.484 e. The van der Waals surface area contributed by atoms with Gasteiger partial charge >= 0.3 is 12.1 Å². The van der Waals surface area contributed by atoms with Crippen LogP contribution in [0.5, 0.6) is 5.75 Å². The number of likely N-dealkylation sites (tertiary alicyclic amines) is 1. The fraction of sp³-hybridized carbons (Fsp3) is 0.409. The number of likely N-dealkylation sites (N-methyl/N-ethyl adjacent to an activating group) is 1. The number of nitrogens with one attached hydrogen (secondary N) is 1. The van der Waals surface area contributed by atoms with E-state index in [1.54, 1.807) is 0 Å². The first-order chi connectivity index (χ1) is 15.1. The molecule has 1 atom stereocenters. The van der Waals surface area contributed by atoms with Gasteiger partial charge < -0.3 is 19.7 Å². The molecule has 1 N–H and O–H groups in total. The minimum atomic E-state index is -4.44. The van der Waals surface area contributed by atoms with Crippen LogP contribution in [-0.2, 0) is 4.74 Å². The number of aromatic nitrogens is 1. The number of piperidine rings is 1. The second-order valence-electron chi connectivity index (χ2n) is 7.62. The summed E-state index contributed by atoms with van der Waals surface area (Å²) in [5.74, 6) is -1.01. The Labute approximate surface area is 183 Å². The Hall–Kier alpha value is -3.14. The number of hydrogen-bond donors (Lipinski definition) is 1. The van der Waals surface area contributed by atoms with Crippen LogP contribution in [0.4, 0.5) is 13.2 Å². The van der Waals surface area contributed by atoms with Crippen LogP contribution in [0.2, 0.25) is 0 Å². The van der Waals surface area contributed by atoms with Gasteiger partial charge in [-0.05, 0) is 62.8 Å². The van der Waals surface area contributed by atoms with Crippen molar-refractivity contribution in [2.75, 3.05) is 33.9 Å². The Kier molecular flexibility index (Phi) is 7.34. The number of methoxy groups -OCH3 is 1. The van der Waals surface area contributed by atoms with Gasteiger partial charge in [0, 0.05) is 23.7 Å². The fourth-order valence-electron chi connectivity index (χ4n) is 3.46. The Morgan fingerprint density at radius 1 is 1.22 bits per heavy atom. The minimum Gasteiger partial charge on any atom is -0.484 e. The van der Waals surface area contributed by atoms with Crippen molar-refractivity contribution in [1.82, 2.24) is 15.2 Å². The van der Waals surface area contributed by atoms with E-state index in [1.165, 1.54) is 43.5 Å². The van der Waals surface area contributed by atoms with Gasteiger partial charge in [-0.3, -0.25) is 4.79 Å². The van der Waals surface area contributed by atoms with Crippen LogP contribution in [0, 0.1) is 0 Å². The first-order valence-corrected chi connectivity index (χ1v) is 10.0. The summed E-state index contributed by atoms with van der Waals surface area (Å²) < 4.78 is 46.4. The van der Waals surface area contributed by atoms with Crippen molar-refractivity contribution >= 4 is 11.9 Å². The third kappa shape index (κ3) is 6.43. The highest BCUT2D eigenvalue weighted by atomic mass is 19.4. The van der Waals surface area contributed by atoms with Gasteiger partial charge in [0.2, 0.25) is 0 Å². The Morgan fingerprint density at radius 3 is 2.56 bits per heavy atom. The Morgan fingerprint density at radius 2 is 1.94 bits per heavy atom. The summed E-state index contributed by atoms with van der Waals surface area (Å²) in [5, 5.41) is 2.98. The van der Waals surface area contributed by atoms with Gasteiger partial charge in [0.1, 0.15) is 11.4 Å². The average molecular weight is 451 g/mol. The zero-order valence-corrected chi connectivity index (χ0v) is 17.7. The monoisotopic (exact) mass is 451 g/mol. The second-order valence-corrected chi connectivity index (χ2v) is 7.62. The quantitative estimate of drug-likeness (QED) is 0.679. The molecule has 0 saturated carbocycles.